The van der Waals surface area contributed by atoms with Gasteiger partial charge in [-0.25, -0.2) is 0 Å². The van der Waals surface area contributed by atoms with Crippen LogP contribution in [0.4, 0.5) is 5.69 Å². The zero-order valence-electron chi connectivity index (χ0n) is 16.2. The molecule has 0 radical (unpaired) electrons. The lowest BCUT2D eigenvalue weighted by Crippen LogP contribution is -2.29. The molecule has 2 heterocycles. The smallest absolute Gasteiger partial charge is 0.291 e. The number of rotatable bonds is 6. The van der Waals surface area contributed by atoms with Crippen molar-refractivity contribution in [2.75, 3.05) is 25.5 Å². The maximum atomic E-state index is 12.9. The standard InChI is InChI=1S/C23H26N2O3/c1-27-16-20-19-10-3-4-11-21(19)28-22(20)23(26)24-18-9-7-8-17(14-18)15-25-12-5-2-6-13-25/h3-4,7-11,14H,2,5-6,12-13,15-16H2,1H3,(H,24,26). The lowest BCUT2D eigenvalue weighted by Gasteiger charge is -2.26. The monoisotopic (exact) mass is 378 g/mol. The summed E-state index contributed by atoms with van der Waals surface area (Å²) in [7, 11) is 1.62. The fourth-order valence-electron chi connectivity index (χ4n) is 3.88. The Morgan fingerprint density at radius 2 is 1.93 bits per heavy atom. The Labute approximate surface area is 165 Å². The molecule has 1 saturated heterocycles. The van der Waals surface area contributed by atoms with Gasteiger partial charge < -0.3 is 14.5 Å². The quantitative estimate of drug-likeness (QED) is 0.668. The van der Waals surface area contributed by atoms with E-state index in [1.165, 1.54) is 24.8 Å². The van der Waals surface area contributed by atoms with Crippen LogP contribution in [0.2, 0.25) is 0 Å². The van der Waals surface area contributed by atoms with E-state index in [1.54, 1.807) is 7.11 Å². The Morgan fingerprint density at radius 1 is 1.11 bits per heavy atom. The zero-order valence-corrected chi connectivity index (χ0v) is 16.2. The lowest BCUT2D eigenvalue weighted by molar-refractivity contribution is 0.0992. The number of hydrogen-bond donors (Lipinski definition) is 1. The molecule has 2 aromatic carbocycles. The van der Waals surface area contributed by atoms with Crippen molar-refractivity contribution in [2.24, 2.45) is 0 Å². The van der Waals surface area contributed by atoms with Gasteiger partial charge in [0.05, 0.1) is 6.61 Å². The van der Waals surface area contributed by atoms with Gasteiger partial charge in [-0.05, 0) is 49.7 Å². The summed E-state index contributed by atoms with van der Waals surface area (Å²) in [5, 5.41) is 3.90. The molecule has 4 rings (SSSR count). The van der Waals surface area contributed by atoms with Crippen molar-refractivity contribution in [3.8, 4) is 0 Å². The van der Waals surface area contributed by atoms with Crippen molar-refractivity contribution in [3.05, 3.63) is 65.4 Å². The molecule has 146 valence electrons. The summed E-state index contributed by atoms with van der Waals surface area (Å²) in [4.78, 5) is 15.4. The van der Waals surface area contributed by atoms with Gasteiger partial charge >= 0.3 is 0 Å². The highest BCUT2D eigenvalue weighted by molar-refractivity contribution is 6.06. The van der Waals surface area contributed by atoms with Crippen LogP contribution in [0.25, 0.3) is 11.0 Å². The molecule has 1 N–H and O–H groups in total. The van der Waals surface area contributed by atoms with Crippen LogP contribution in [0.3, 0.4) is 0 Å². The second-order valence-corrected chi connectivity index (χ2v) is 7.33. The molecular weight excluding hydrogens is 352 g/mol. The van der Waals surface area contributed by atoms with E-state index in [2.05, 4.69) is 16.3 Å². The zero-order chi connectivity index (χ0) is 19.3. The SMILES string of the molecule is COCc1c(C(=O)Nc2cccc(CN3CCCCC3)c2)oc2ccccc12. The molecule has 1 amide bonds. The van der Waals surface area contributed by atoms with E-state index in [-0.39, 0.29) is 5.91 Å². The highest BCUT2D eigenvalue weighted by Gasteiger charge is 2.20. The summed E-state index contributed by atoms with van der Waals surface area (Å²) >= 11 is 0. The fraction of sp³-hybridized carbons (Fsp3) is 0.348. The Balaban J connectivity index is 1.53. The second-order valence-electron chi connectivity index (χ2n) is 7.33. The van der Waals surface area contributed by atoms with Crippen LogP contribution in [0.5, 0.6) is 0 Å². The molecule has 0 atom stereocenters. The number of carbonyl (C=O) groups excluding carboxylic acids is 1. The van der Waals surface area contributed by atoms with Crippen LogP contribution in [-0.2, 0) is 17.9 Å². The number of likely N-dealkylation sites (tertiary alicyclic amines) is 1. The van der Waals surface area contributed by atoms with Gasteiger partial charge in [0, 0.05) is 30.3 Å². The summed E-state index contributed by atoms with van der Waals surface area (Å²) in [6.45, 7) is 3.55. The molecule has 1 aliphatic heterocycles. The molecule has 5 nitrogen and oxygen atoms in total. The number of benzene rings is 2. The predicted octanol–water partition coefficient (Wildman–Crippen LogP) is 4.82. The molecule has 0 bridgehead atoms. The van der Waals surface area contributed by atoms with Crippen molar-refractivity contribution >= 4 is 22.6 Å². The van der Waals surface area contributed by atoms with Gasteiger partial charge in [-0.1, -0.05) is 36.8 Å². The molecule has 0 spiro atoms. The average molecular weight is 378 g/mol. The topological polar surface area (TPSA) is 54.7 Å². The van der Waals surface area contributed by atoms with Gasteiger partial charge in [-0.15, -0.1) is 0 Å². The largest absolute Gasteiger partial charge is 0.451 e. The third-order valence-electron chi connectivity index (χ3n) is 5.23. The summed E-state index contributed by atoms with van der Waals surface area (Å²) in [5.74, 6) is 0.0582. The number of anilines is 1. The first-order valence-corrected chi connectivity index (χ1v) is 9.86. The Bertz CT molecular complexity index is 957. The van der Waals surface area contributed by atoms with Gasteiger partial charge in [-0.2, -0.15) is 0 Å². The minimum atomic E-state index is -0.252. The van der Waals surface area contributed by atoms with Crippen molar-refractivity contribution in [1.82, 2.24) is 4.90 Å². The number of fused-ring (bicyclic) bond motifs is 1. The van der Waals surface area contributed by atoms with Gasteiger partial charge in [0.25, 0.3) is 5.91 Å². The van der Waals surface area contributed by atoms with E-state index in [9.17, 15) is 4.79 Å². The normalized spacial score (nSPS) is 15.0. The first-order chi connectivity index (χ1) is 13.7. The van der Waals surface area contributed by atoms with Gasteiger partial charge in [0.1, 0.15) is 5.58 Å². The highest BCUT2D eigenvalue weighted by Crippen LogP contribution is 2.27. The number of hydrogen-bond acceptors (Lipinski definition) is 4. The number of amides is 1. The number of piperidine rings is 1. The van der Waals surface area contributed by atoms with Crippen LogP contribution < -0.4 is 5.32 Å². The minimum absolute atomic E-state index is 0.252. The number of para-hydroxylation sites is 1. The third kappa shape index (κ3) is 4.11. The Kier molecular flexibility index (Phi) is 5.74. The fourth-order valence-corrected chi connectivity index (χ4v) is 3.88. The summed E-state index contributed by atoms with van der Waals surface area (Å²) in [5.41, 5.74) is 3.46. The van der Waals surface area contributed by atoms with Crippen molar-refractivity contribution < 1.29 is 13.9 Å². The molecule has 0 saturated carbocycles. The average Bonchev–Trinajstić information content (AvgIpc) is 3.08. The molecule has 0 unspecified atom stereocenters. The Hall–Kier alpha value is -2.63. The van der Waals surface area contributed by atoms with Crippen LogP contribution in [0.1, 0.15) is 40.9 Å². The van der Waals surface area contributed by atoms with Crippen molar-refractivity contribution in [2.45, 2.75) is 32.4 Å². The van der Waals surface area contributed by atoms with E-state index in [0.29, 0.717) is 18.0 Å². The van der Waals surface area contributed by atoms with Crippen LogP contribution in [0, 0.1) is 0 Å². The van der Waals surface area contributed by atoms with Gasteiger partial charge in [0.15, 0.2) is 5.76 Å². The number of methoxy groups -OCH3 is 1. The molecule has 1 aliphatic rings. The number of furan rings is 1. The molecular formula is C23H26N2O3. The second kappa shape index (κ2) is 8.59. The predicted molar refractivity (Wildman–Crippen MR) is 110 cm³/mol. The van der Waals surface area contributed by atoms with Crippen molar-refractivity contribution in [1.29, 1.82) is 0 Å². The molecule has 5 heteroatoms. The lowest BCUT2D eigenvalue weighted by atomic mass is 10.1. The van der Waals surface area contributed by atoms with E-state index >= 15 is 0 Å². The molecule has 0 aliphatic carbocycles. The van der Waals surface area contributed by atoms with Crippen molar-refractivity contribution in [3.63, 3.8) is 0 Å². The summed E-state index contributed by atoms with van der Waals surface area (Å²) in [6.07, 6.45) is 3.86. The number of ether oxygens (including phenoxy) is 1. The minimum Gasteiger partial charge on any atom is -0.451 e. The first kappa shape index (κ1) is 18.7. The van der Waals surface area contributed by atoms with E-state index < -0.39 is 0 Å². The number of nitrogens with zero attached hydrogens (tertiary/aromatic N) is 1. The van der Waals surface area contributed by atoms with Crippen LogP contribution in [0.15, 0.2) is 52.9 Å². The molecule has 1 fully saturated rings. The van der Waals surface area contributed by atoms with E-state index in [1.807, 2.05) is 42.5 Å². The maximum Gasteiger partial charge on any atom is 0.291 e. The van der Waals surface area contributed by atoms with E-state index in [0.717, 1.165) is 36.3 Å². The Morgan fingerprint density at radius 3 is 2.75 bits per heavy atom. The van der Waals surface area contributed by atoms with Gasteiger partial charge in [-0.3, -0.25) is 9.69 Å². The molecule has 3 aromatic rings. The molecule has 28 heavy (non-hydrogen) atoms. The third-order valence-corrected chi connectivity index (χ3v) is 5.23. The highest BCUT2D eigenvalue weighted by atomic mass is 16.5. The molecule has 1 aromatic heterocycles. The van der Waals surface area contributed by atoms with Gasteiger partial charge in [0.2, 0.25) is 0 Å². The summed E-state index contributed by atoms with van der Waals surface area (Å²) in [6, 6.07) is 15.7. The number of carbonyl (C=O) groups is 1. The van der Waals surface area contributed by atoms with Crippen LogP contribution in [-0.4, -0.2) is 31.0 Å². The first-order valence-electron chi connectivity index (χ1n) is 9.86. The van der Waals surface area contributed by atoms with Crippen LogP contribution >= 0.6 is 0 Å². The summed E-state index contributed by atoms with van der Waals surface area (Å²) < 4.78 is 11.1. The number of nitrogens with one attached hydrogen (secondary N) is 1. The maximum absolute atomic E-state index is 12.9. The van der Waals surface area contributed by atoms with E-state index in [4.69, 9.17) is 9.15 Å².